The largest absolute Gasteiger partial charge is 0.309 e. The lowest BCUT2D eigenvalue weighted by Crippen LogP contribution is -2.13. The van der Waals surface area contributed by atoms with Crippen LogP contribution in [0.1, 0.15) is 16.7 Å². The van der Waals surface area contributed by atoms with Crippen LogP contribution in [0, 0.1) is 0 Å². The molecule has 3 aromatic rings. The van der Waals surface area contributed by atoms with Crippen molar-refractivity contribution >= 4 is 0 Å². The Labute approximate surface area is 143 Å². The molecule has 0 bridgehead atoms. The second-order valence-corrected chi connectivity index (χ2v) is 6.29. The molecule has 1 N–H and O–H groups in total. The van der Waals surface area contributed by atoms with Gasteiger partial charge in [-0.25, -0.2) is 4.98 Å². The minimum atomic E-state index is 0.865. The van der Waals surface area contributed by atoms with Gasteiger partial charge in [0, 0.05) is 37.7 Å². The van der Waals surface area contributed by atoms with E-state index in [4.69, 9.17) is 0 Å². The number of nitrogens with one attached hydrogen (secondary N) is 1. The lowest BCUT2D eigenvalue weighted by molar-refractivity contribution is 0.402. The van der Waals surface area contributed by atoms with E-state index in [-0.39, 0.29) is 0 Å². The van der Waals surface area contributed by atoms with Gasteiger partial charge >= 0.3 is 0 Å². The monoisotopic (exact) mass is 320 g/mol. The summed E-state index contributed by atoms with van der Waals surface area (Å²) in [6.07, 6.45) is 5.56. The van der Waals surface area contributed by atoms with Crippen molar-refractivity contribution in [1.82, 2.24) is 19.8 Å². The van der Waals surface area contributed by atoms with Crippen LogP contribution in [0.4, 0.5) is 0 Å². The van der Waals surface area contributed by atoms with E-state index in [9.17, 15) is 0 Å². The van der Waals surface area contributed by atoms with Gasteiger partial charge in [0.15, 0.2) is 0 Å². The molecular weight excluding hydrogens is 296 g/mol. The molecular formula is C20H24N4. The van der Waals surface area contributed by atoms with Crippen molar-refractivity contribution in [1.29, 1.82) is 0 Å². The van der Waals surface area contributed by atoms with E-state index in [1.165, 1.54) is 16.7 Å². The number of imidazole rings is 1. The van der Waals surface area contributed by atoms with Crippen LogP contribution in [0.5, 0.6) is 0 Å². The maximum atomic E-state index is 4.07. The van der Waals surface area contributed by atoms with E-state index >= 15 is 0 Å². The third kappa shape index (κ3) is 4.54. The Kier molecular flexibility index (Phi) is 5.41. The summed E-state index contributed by atoms with van der Waals surface area (Å²) in [6.45, 7) is 2.73. The number of hydrogen-bond acceptors (Lipinski definition) is 3. The topological polar surface area (TPSA) is 33.1 Å². The van der Waals surface area contributed by atoms with Crippen molar-refractivity contribution in [3.63, 3.8) is 0 Å². The van der Waals surface area contributed by atoms with Crippen molar-refractivity contribution < 1.29 is 0 Å². The molecule has 3 rings (SSSR count). The standard InChI is InChI=1S/C20H24N4/c1-23(2)15-19-5-3-17(4-6-19)13-22-14-18-7-9-20(10-8-18)24-12-11-21-16-24/h3-12,16,22H,13-15H2,1-2H3. The summed E-state index contributed by atoms with van der Waals surface area (Å²) in [5, 5.41) is 3.50. The molecule has 4 nitrogen and oxygen atoms in total. The van der Waals surface area contributed by atoms with Crippen LogP contribution < -0.4 is 5.32 Å². The fraction of sp³-hybridized carbons (Fsp3) is 0.250. The van der Waals surface area contributed by atoms with Gasteiger partial charge in [-0.2, -0.15) is 0 Å². The molecule has 0 amide bonds. The second-order valence-electron chi connectivity index (χ2n) is 6.29. The third-order valence-corrected chi connectivity index (χ3v) is 3.92. The minimum absolute atomic E-state index is 0.865. The van der Waals surface area contributed by atoms with Gasteiger partial charge in [-0.3, -0.25) is 0 Å². The van der Waals surface area contributed by atoms with Gasteiger partial charge in [0.05, 0.1) is 6.33 Å². The van der Waals surface area contributed by atoms with Crippen LogP contribution >= 0.6 is 0 Å². The number of rotatable bonds is 7. The fourth-order valence-corrected chi connectivity index (χ4v) is 2.68. The first-order valence-electron chi connectivity index (χ1n) is 8.21. The first-order chi connectivity index (χ1) is 11.7. The quantitative estimate of drug-likeness (QED) is 0.725. The highest BCUT2D eigenvalue weighted by molar-refractivity contribution is 5.34. The molecule has 0 aliphatic rings. The average molecular weight is 320 g/mol. The van der Waals surface area contributed by atoms with E-state index in [2.05, 4.69) is 77.8 Å². The molecule has 1 aromatic heterocycles. The normalized spacial score (nSPS) is 11.1. The van der Waals surface area contributed by atoms with Gasteiger partial charge < -0.3 is 14.8 Å². The molecule has 4 heteroatoms. The van der Waals surface area contributed by atoms with Crippen LogP contribution in [-0.4, -0.2) is 28.5 Å². The van der Waals surface area contributed by atoms with Crippen LogP contribution in [0.25, 0.3) is 5.69 Å². The second kappa shape index (κ2) is 7.90. The summed E-state index contributed by atoms with van der Waals surface area (Å²) in [6, 6.07) is 17.4. The summed E-state index contributed by atoms with van der Waals surface area (Å²) >= 11 is 0. The Morgan fingerprint density at radius 1 is 0.875 bits per heavy atom. The Morgan fingerprint density at radius 3 is 2.00 bits per heavy atom. The Morgan fingerprint density at radius 2 is 1.46 bits per heavy atom. The molecule has 0 fully saturated rings. The lowest BCUT2D eigenvalue weighted by Gasteiger charge is -2.10. The van der Waals surface area contributed by atoms with Crippen molar-refractivity contribution in [3.8, 4) is 5.69 Å². The highest BCUT2D eigenvalue weighted by atomic mass is 15.0. The molecule has 0 saturated heterocycles. The molecule has 2 aromatic carbocycles. The molecule has 0 saturated carbocycles. The first-order valence-corrected chi connectivity index (χ1v) is 8.21. The fourth-order valence-electron chi connectivity index (χ4n) is 2.68. The molecule has 24 heavy (non-hydrogen) atoms. The summed E-state index contributed by atoms with van der Waals surface area (Å²) < 4.78 is 2.01. The molecule has 0 unspecified atom stereocenters. The molecule has 0 radical (unpaired) electrons. The Balaban J connectivity index is 1.49. The van der Waals surface area contributed by atoms with Crippen molar-refractivity contribution in [2.45, 2.75) is 19.6 Å². The average Bonchev–Trinajstić information content (AvgIpc) is 3.11. The number of nitrogens with zero attached hydrogens (tertiary/aromatic N) is 3. The van der Waals surface area contributed by atoms with Gasteiger partial charge in [0.2, 0.25) is 0 Å². The smallest absolute Gasteiger partial charge is 0.0991 e. The van der Waals surface area contributed by atoms with Crippen LogP contribution in [-0.2, 0) is 19.6 Å². The molecule has 0 aliphatic carbocycles. The van der Waals surface area contributed by atoms with E-state index in [1.54, 1.807) is 6.20 Å². The van der Waals surface area contributed by atoms with E-state index in [0.29, 0.717) is 0 Å². The maximum absolute atomic E-state index is 4.07. The minimum Gasteiger partial charge on any atom is -0.309 e. The predicted octanol–water partition coefficient (Wildman–Crippen LogP) is 3.22. The van der Waals surface area contributed by atoms with Crippen molar-refractivity contribution in [2.75, 3.05) is 14.1 Å². The van der Waals surface area contributed by atoms with E-state index < -0.39 is 0 Å². The van der Waals surface area contributed by atoms with Crippen LogP contribution in [0.2, 0.25) is 0 Å². The van der Waals surface area contributed by atoms with Gasteiger partial charge in [-0.05, 0) is 42.9 Å². The zero-order valence-electron chi connectivity index (χ0n) is 14.3. The number of hydrogen-bond donors (Lipinski definition) is 1. The van der Waals surface area contributed by atoms with Crippen molar-refractivity contribution in [2.24, 2.45) is 0 Å². The lowest BCUT2D eigenvalue weighted by atomic mass is 10.1. The van der Waals surface area contributed by atoms with Crippen LogP contribution in [0.15, 0.2) is 67.3 Å². The number of aromatic nitrogens is 2. The Hall–Kier alpha value is -2.43. The summed E-state index contributed by atoms with van der Waals surface area (Å²) in [4.78, 5) is 6.26. The van der Waals surface area contributed by atoms with Gasteiger partial charge in [-0.15, -0.1) is 0 Å². The number of benzene rings is 2. The third-order valence-electron chi connectivity index (χ3n) is 3.92. The maximum Gasteiger partial charge on any atom is 0.0991 e. The summed E-state index contributed by atoms with van der Waals surface area (Å²) in [7, 11) is 4.18. The van der Waals surface area contributed by atoms with Crippen LogP contribution in [0.3, 0.4) is 0 Å². The van der Waals surface area contributed by atoms with Gasteiger partial charge in [0.1, 0.15) is 0 Å². The zero-order valence-corrected chi connectivity index (χ0v) is 14.3. The molecule has 124 valence electrons. The summed E-state index contributed by atoms with van der Waals surface area (Å²) in [5.74, 6) is 0. The van der Waals surface area contributed by atoms with Crippen molar-refractivity contribution in [3.05, 3.63) is 83.9 Å². The molecule has 0 aliphatic heterocycles. The van der Waals surface area contributed by atoms with Gasteiger partial charge in [0.25, 0.3) is 0 Å². The highest BCUT2D eigenvalue weighted by Gasteiger charge is 1.99. The predicted molar refractivity (Wildman–Crippen MR) is 97.9 cm³/mol. The SMILES string of the molecule is CN(C)Cc1ccc(CNCc2ccc(-n3ccnc3)cc2)cc1. The molecule has 1 heterocycles. The van der Waals surface area contributed by atoms with Gasteiger partial charge in [-0.1, -0.05) is 36.4 Å². The molecule has 0 spiro atoms. The first kappa shape index (κ1) is 16.4. The molecule has 0 atom stereocenters. The Bertz CT molecular complexity index is 728. The zero-order chi connectivity index (χ0) is 16.8. The summed E-state index contributed by atoms with van der Waals surface area (Å²) in [5.41, 5.74) is 5.07. The highest BCUT2D eigenvalue weighted by Crippen LogP contribution is 2.10. The van der Waals surface area contributed by atoms with E-state index in [0.717, 1.165) is 25.3 Å². The van der Waals surface area contributed by atoms with E-state index in [1.807, 2.05) is 17.1 Å².